The lowest BCUT2D eigenvalue weighted by Gasteiger charge is -1.97. The van der Waals surface area contributed by atoms with Gasteiger partial charge in [0.1, 0.15) is 0 Å². The van der Waals surface area contributed by atoms with Crippen LogP contribution < -0.4 is 0 Å². The van der Waals surface area contributed by atoms with Gasteiger partial charge >= 0.3 is 5.97 Å². The van der Waals surface area contributed by atoms with E-state index in [1.165, 1.54) is 24.5 Å². The first kappa shape index (κ1) is 7.67. The molecule has 13 heavy (non-hydrogen) atoms. The number of phenols is 1. The van der Waals surface area contributed by atoms with Crippen molar-refractivity contribution in [3.05, 3.63) is 30.0 Å². The molecule has 0 saturated carbocycles. The van der Waals surface area contributed by atoms with Gasteiger partial charge in [0, 0.05) is 5.39 Å². The second-order valence-electron chi connectivity index (χ2n) is 2.60. The van der Waals surface area contributed by atoms with Crippen molar-refractivity contribution in [2.45, 2.75) is 0 Å². The summed E-state index contributed by atoms with van der Waals surface area (Å²) < 4.78 is 4.93. The molecule has 0 unspecified atom stereocenters. The monoisotopic (exact) mass is 178 g/mol. The summed E-state index contributed by atoms with van der Waals surface area (Å²) in [4.78, 5) is 10.7. The van der Waals surface area contributed by atoms with Crippen LogP contribution in [0.15, 0.2) is 28.9 Å². The van der Waals surface area contributed by atoms with Gasteiger partial charge in [-0.15, -0.1) is 0 Å². The number of fused-ring (bicyclic) bond motifs is 1. The summed E-state index contributed by atoms with van der Waals surface area (Å²) in [5.74, 6) is -1.09. The molecular formula is C9H6O4. The Bertz CT molecular complexity index is 469. The zero-order valence-electron chi connectivity index (χ0n) is 6.52. The lowest BCUT2D eigenvalue weighted by molar-refractivity contribution is 0.0699. The van der Waals surface area contributed by atoms with E-state index in [0.717, 1.165) is 0 Å². The molecule has 1 aromatic heterocycles. The predicted molar refractivity (Wildman–Crippen MR) is 44.8 cm³/mol. The summed E-state index contributed by atoms with van der Waals surface area (Å²) in [5, 5.41) is 18.5. The first-order chi connectivity index (χ1) is 6.20. The predicted octanol–water partition coefficient (Wildman–Crippen LogP) is 1.84. The minimum Gasteiger partial charge on any atom is -0.504 e. The smallest absolute Gasteiger partial charge is 0.336 e. The number of aromatic hydroxyl groups is 1. The van der Waals surface area contributed by atoms with Crippen molar-refractivity contribution in [3.63, 3.8) is 0 Å². The van der Waals surface area contributed by atoms with Crippen molar-refractivity contribution in [2.75, 3.05) is 0 Å². The molecule has 0 amide bonds. The Morgan fingerprint density at radius 1 is 1.31 bits per heavy atom. The van der Waals surface area contributed by atoms with Crippen molar-refractivity contribution in [2.24, 2.45) is 0 Å². The molecule has 0 fully saturated rings. The van der Waals surface area contributed by atoms with Crippen LogP contribution in [0, 0.1) is 0 Å². The number of furan rings is 1. The van der Waals surface area contributed by atoms with Crippen molar-refractivity contribution in [1.82, 2.24) is 0 Å². The minimum atomic E-state index is -1.04. The van der Waals surface area contributed by atoms with E-state index >= 15 is 0 Å². The Morgan fingerprint density at radius 3 is 2.77 bits per heavy atom. The summed E-state index contributed by atoms with van der Waals surface area (Å²) >= 11 is 0. The van der Waals surface area contributed by atoms with E-state index in [1.807, 2.05) is 0 Å². The van der Waals surface area contributed by atoms with Crippen LogP contribution >= 0.6 is 0 Å². The van der Waals surface area contributed by atoms with E-state index in [4.69, 9.17) is 9.52 Å². The largest absolute Gasteiger partial charge is 0.504 e. The summed E-state index contributed by atoms with van der Waals surface area (Å²) in [6.07, 6.45) is 1.34. The topological polar surface area (TPSA) is 70.7 Å². The van der Waals surface area contributed by atoms with Gasteiger partial charge in [0.05, 0.1) is 11.8 Å². The molecule has 0 aliphatic carbocycles. The van der Waals surface area contributed by atoms with Gasteiger partial charge < -0.3 is 14.6 Å². The van der Waals surface area contributed by atoms with Crippen LogP contribution in [0.2, 0.25) is 0 Å². The Kier molecular flexibility index (Phi) is 1.48. The highest BCUT2D eigenvalue weighted by atomic mass is 16.4. The zero-order valence-corrected chi connectivity index (χ0v) is 6.52. The average molecular weight is 178 g/mol. The fourth-order valence-corrected chi connectivity index (χ4v) is 1.23. The zero-order chi connectivity index (χ0) is 9.42. The van der Waals surface area contributed by atoms with Crippen LogP contribution in [0.3, 0.4) is 0 Å². The lowest BCUT2D eigenvalue weighted by atomic mass is 10.1. The fraction of sp³-hybridized carbons (Fsp3) is 0. The van der Waals surface area contributed by atoms with E-state index in [0.29, 0.717) is 5.39 Å². The molecule has 4 nitrogen and oxygen atoms in total. The molecule has 0 bridgehead atoms. The van der Waals surface area contributed by atoms with Gasteiger partial charge in [-0.25, -0.2) is 4.79 Å². The van der Waals surface area contributed by atoms with Crippen molar-refractivity contribution in [3.8, 4) is 5.75 Å². The second kappa shape index (κ2) is 2.52. The van der Waals surface area contributed by atoms with Gasteiger partial charge in [-0.05, 0) is 18.2 Å². The molecule has 0 atom stereocenters. The molecule has 0 radical (unpaired) electrons. The third-order valence-corrected chi connectivity index (χ3v) is 1.83. The average Bonchev–Trinajstić information content (AvgIpc) is 2.53. The maximum Gasteiger partial charge on any atom is 0.336 e. The third kappa shape index (κ3) is 1.03. The number of carbonyl (C=O) groups is 1. The van der Waals surface area contributed by atoms with Crippen LogP contribution in [0.25, 0.3) is 11.0 Å². The highest BCUT2D eigenvalue weighted by Gasteiger charge is 2.12. The quantitative estimate of drug-likeness (QED) is 0.698. The molecular weight excluding hydrogens is 172 g/mol. The third-order valence-electron chi connectivity index (χ3n) is 1.83. The molecule has 2 N–H and O–H groups in total. The second-order valence-corrected chi connectivity index (χ2v) is 2.60. The van der Waals surface area contributed by atoms with Crippen LogP contribution in [0.4, 0.5) is 0 Å². The maximum atomic E-state index is 10.7. The van der Waals surface area contributed by atoms with E-state index in [9.17, 15) is 9.90 Å². The van der Waals surface area contributed by atoms with E-state index in [-0.39, 0.29) is 16.9 Å². The summed E-state index contributed by atoms with van der Waals surface area (Å²) in [5.41, 5.74) is 0.335. The number of benzene rings is 1. The van der Waals surface area contributed by atoms with Gasteiger partial charge in [-0.1, -0.05) is 0 Å². The number of phenolic OH excluding ortho intramolecular Hbond substituents is 1. The summed E-state index contributed by atoms with van der Waals surface area (Å²) in [6.45, 7) is 0. The number of hydrogen-bond donors (Lipinski definition) is 2. The van der Waals surface area contributed by atoms with Crippen molar-refractivity contribution in [1.29, 1.82) is 0 Å². The molecule has 2 aromatic rings. The van der Waals surface area contributed by atoms with E-state index in [1.54, 1.807) is 0 Å². The Labute approximate surface area is 73.0 Å². The van der Waals surface area contributed by atoms with Crippen LogP contribution in [0.5, 0.6) is 5.75 Å². The first-order valence-corrected chi connectivity index (χ1v) is 3.62. The van der Waals surface area contributed by atoms with Crippen LogP contribution in [0.1, 0.15) is 10.4 Å². The maximum absolute atomic E-state index is 10.7. The Morgan fingerprint density at radius 2 is 2.08 bits per heavy atom. The molecule has 4 heteroatoms. The molecule has 0 spiro atoms. The number of rotatable bonds is 1. The van der Waals surface area contributed by atoms with Gasteiger partial charge in [0.15, 0.2) is 11.3 Å². The summed E-state index contributed by atoms with van der Waals surface area (Å²) in [7, 11) is 0. The van der Waals surface area contributed by atoms with Gasteiger partial charge in [-0.2, -0.15) is 0 Å². The molecule has 1 heterocycles. The SMILES string of the molecule is O=C(O)c1ccc(O)c2occc12. The Hall–Kier alpha value is -1.97. The molecule has 0 aliphatic rings. The molecule has 66 valence electrons. The highest BCUT2D eigenvalue weighted by Crippen LogP contribution is 2.28. The number of carboxylic acids is 1. The van der Waals surface area contributed by atoms with Crippen molar-refractivity contribution < 1.29 is 19.4 Å². The van der Waals surface area contributed by atoms with Gasteiger partial charge in [-0.3, -0.25) is 0 Å². The minimum absolute atomic E-state index is 0.0509. The van der Waals surface area contributed by atoms with Gasteiger partial charge in [0.25, 0.3) is 0 Å². The molecule has 2 rings (SSSR count). The molecule has 0 saturated heterocycles. The first-order valence-electron chi connectivity index (χ1n) is 3.62. The normalized spacial score (nSPS) is 10.5. The molecule has 1 aromatic carbocycles. The standard InChI is InChI=1S/C9H6O4/c10-7-2-1-6(9(11)12)5-3-4-13-8(5)7/h1-4,10H,(H,11,12). The lowest BCUT2D eigenvalue weighted by Crippen LogP contribution is -1.95. The van der Waals surface area contributed by atoms with E-state index < -0.39 is 5.97 Å². The Balaban J connectivity index is 2.86. The van der Waals surface area contributed by atoms with Crippen LogP contribution in [-0.4, -0.2) is 16.2 Å². The fourth-order valence-electron chi connectivity index (χ4n) is 1.23. The molecule has 0 aliphatic heterocycles. The number of carboxylic acid groups (broad SMARTS) is 1. The highest BCUT2D eigenvalue weighted by molar-refractivity contribution is 6.03. The van der Waals surface area contributed by atoms with E-state index in [2.05, 4.69) is 0 Å². The van der Waals surface area contributed by atoms with Gasteiger partial charge in [0.2, 0.25) is 0 Å². The number of aromatic carboxylic acids is 1. The van der Waals surface area contributed by atoms with Crippen molar-refractivity contribution >= 4 is 16.9 Å². The van der Waals surface area contributed by atoms with Crippen LogP contribution in [-0.2, 0) is 0 Å². The summed E-state index contributed by atoms with van der Waals surface area (Å²) in [6, 6.07) is 4.16. The number of hydrogen-bond acceptors (Lipinski definition) is 3.